The molecule has 1 heterocycles. The molecule has 1 atom stereocenters. The minimum Gasteiger partial charge on any atom is -0.303 e. The number of nitrogens with one attached hydrogen (secondary N) is 1. The van der Waals surface area contributed by atoms with E-state index in [1.165, 1.54) is 45.2 Å². The topological polar surface area (TPSA) is 39.1 Å². The molecule has 3 heteroatoms. The van der Waals surface area contributed by atoms with Crippen molar-refractivity contribution in [3.05, 3.63) is 0 Å². The van der Waals surface area contributed by atoms with E-state index in [1.807, 2.05) is 0 Å². The SMILES string of the molecule is CCC1(CC)CCN(CCC(C)(C#N)NC2CC2)C1. The van der Waals surface area contributed by atoms with E-state index < -0.39 is 0 Å². The molecule has 1 N–H and O–H groups in total. The van der Waals surface area contributed by atoms with Crippen molar-refractivity contribution < 1.29 is 0 Å². The zero-order valence-corrected chi connectivity index (χ0v) is 12.8. The molecule has 1 unspecified atom stereocenters. The van der Waals surface area contributed by atoms with E-state index in [0.717, 1.165) is 13.0 Å². The van der Waals surface area contributed by atoms with E-state index in [1.54, 1.807) is 0 Å². The second kappa shape index (κ2) is 5.81. The minimum absolute atomic E-state index is 0.329. The summed E-state index contributed by atoms with van der Waals surface area (Å²) in [5, 5.41) is 12.9. The summed E-state index contributed by atoms with van der Waals surface area (Å²) >= 11 is 0. The molecule has 108 valence electrons. The molecule has 0 aromatic carbocycles. The normalized spacial score (nSPS) is 26.0. The Labute approximate surface area is 118 Å². The Morgan fingerprint density at radius 3 is 2.53 bits per heavy atom. The zero-order valence-electron chi connectivity index (χ0n) is 12.8. The summed E-state index contributed by atoms with van der Waals surface area (Å²) < 4.78 is 0. The molecule has 19 heavy (non-hydrogen) atoms. The Balaban J connectivity index is 1.80. The van der Waals surface area contributed by atoms with Crippen molar-refractivity contribution in [1.82, 2.24) is 10.2 Å². The van der Waals surface area contributed by atoms with Crippen LogP contribution in [0.1, 0.15) is 59.3 Å². The molecule has 0 amide bonds. The molecular weight excluding hydrogens is 234 g/mol. The summed E-state index contributed by atoms with van der Waals surface area (Å²) in [6.07, 6.45) is 7.35. The maximum absolute atomic E-state index is 9.40. The second-order valence-corrected chi connectivity index (χ2v) is 6.85. The number of nitriles is 1. The fourth-order valence-electron chi connectivity index (χ4n) is 3.27. The van der Waals surface area contributed by atoms with E-state index in [9.17, 15) is 5.26 Å². The third kappa shape index (κ3) is 3.70. The number of hydrogen-bond donors (Lipinski definition) is 1. The van der Waals surface area contributed by atoms with Gasteiger partial charge in [0.1, 0.15) is 5.54 Å². The van der Waals surface area contributed by atoms with E-state index in [4.69, 9.17) is 0 Å². The molecule has 2 rings (SSSR count). The molecule has 0 spiro atoms. The lowest BCUT2D eigenvalue weighted by Crippen LogP contribution is -2.45. The highest BCUT2D eigenvalue weighted by atomic mass is 15.2. The van der Waals surface area contributed by atoms with Crippen LogP contribution in [0.3, 0.4) is 0 Å². The summed E-state index contributed by atoms with van der Waals surface area (Å²) in [5.41, 5.74) is 0.220. The van der Waals surface area contributed by atoms with Crippen molar-refractivity contribution in [1.29, 1.82) is 5.26 Å². The molecule has 1 saturated heterocycles. The Bertz CT molecular complexity index is 338. The molecule has 0 aromatic rings. The van der Waals surface area contributed by atoms with Crippen LogP contribution >= 0.6 is 0 Å². The average molecular weight is 263 g/mol. The Kier molecular flexibility index (Phi) is 4.53. The zero-order chi connectivity index (χ0) is 13.9. The van der Waals surface area contributed by atoms with Crippen LogP contribution in [0.25, 0.3) is 0 Å². The van der Waals surface area contributed by atoms with Crippen LogP contribution in [0.2, 0.25) is 0 Å². The predicted octanol–water partition coefficient (Wildman–Crippen LogP) is 2.92. The molecule has 0 radical (unpaired) electrons. The lowest BCUT2D eigenvalue weighted by Gasteiger charge is -2.29. The molecule has 2 aliphatic rings. The van der Waals surface area contributed by atoms with Gasteiger partial charge in [0.15, 0.2) is 0 Å². The largest absolute Gasteiger partial charge is 0.303 e. The highest BCUT2D eigenvalue weighted by Crippen LogP contribution is 2.37. The van der Waals surface area contributed by atoms with Gasteiger partial charge in [-0.05, 0) is 57.4 Å². The second-order valence-electron chi connectivity index (χ2n) is 6.85. The summed E-state index contributed by atoms with van der Waals surface area (Å²) in [6.45, 7) is 10.2. The lowest BCUT2D eigenvalue weighted by molar-refractivity contribution is 0.227. The molecule has 1 saturated carbocycles. The average Bonchev–Trinajstić information content (AvgIpc) is 3.13. The number of likely N-dealkylation sites (tertiary alicyclic amines) is 1. The van der Waals surface area contributed by atoms with Gasteiger partial charge in [0, 0.05) is 19.1 Å². The Morgan fingerprint density at radius 1 is 1.37 bits per heavy atom. The first-order valence-electron chi connectivity index (χ1n) is 7.96. The first-order valence-corrected chi connectivity index (χ1v) is 7.96. The smallest absolute Gasteiger partial charge is 0.105 e. The minimum atomic E-state index is -0.329. The van der Waals surface area contributed by atoms with Crippen molar-refractivity contribution in [2.75, 3.05) is 19.6 Å². The van der Waals surface area contributed by atoms with Gasteiger partial charge in [-0.15, -0.1) is 0 Å². The van der Waals surface area contributed by atoms with E-state index in [-0.39, 0.29) is 5.54 Å². The fourth-order valence-corrected chi connectivity index (χ4v) is 3.27. The first-order chi connectivity index (χ1) is 9.05. The lowest BCUT2D eigenvalue weighted by atomic mass is 9.82. The van der Waals surface area contributed by atoms with Gasteiger partial charge in [-0.25, -0.2) is 0 Å². The van der Waals surface area contributed by atoms with Crippen LogP contribution in [0.15, 0.2) is 0 Å². The molecule has 2 fully saturated rings. The molecule has 1 aliphatic carbocycles. The molecule has 0 aromatic heterocycles. The van der Waals surface area contributed by atoms with Gasteiger partial charge in [0.05, 0.1) is 6.07 Å². The maximum Gasteiger partial charge on any atom is 0.105 e. The summed E-state index contributed by atoms with van der Waals surface area (Å²) in [7, 11) is 0. The van der Waals surface area contributed by atoms with Gasteiger partial charge in [-0.1, -0.05) is 13.8 Å². The van der Waals surface area contributed by atoms with Crippen molar-refractivity contribution in [3.8, 4) is 6.07 Å². The van der Waals surface area contributed by atoms with Crippen LogP contribution in [0, 0.1) is 16.7 Å². The summed E-state index contributed by atoms with van der Waals surface area (Å²) in [4.78, 5) is 2.57. The van der Waals surface area contributed by atoms with Crippen LogP contribution in [0.5, 0.6) is 0 Å². The Hall–Kier alpha value is -0.590. The first kappa shape index (κ1) is 14.8. The standard InChI is InChI=1S/C16H29N3/c1-4-16(5-2)9-11-19(13-16)10-8-15(3,12-17)18-14-6-7-14/h14,18H,4-11,13H2,1-3H3. The quantitative estimate of drug-likeness (QED) is 0.767. The fraction of sp³-hybridized carbons (Fsp3) is 0.938. The van der Waals surface area contributed by atoms with E-state index >= 15 is 0 Å². The number of hydrogen-bond acceptors (Lipinski definition) is 3. The van der Waals surface area contributed by atoms with Gasteiger partial charge in [0.25, 0.3) is 0 Å². The molecule has 0 bridgehead atoms. The van der Waals surface area contributed by atoms with Gasteiger partial charge in [-0.2, -0.15) is 5.26 Å². The predicted molar refractivity (Wildman–Crippen MR) is 78.9 cm³/mol. The van der Waals surface area contributed by atoms with Crippen molar-refractivity contribution >= 4 is 0 Å². The van der Waals surface area contributed by atoms with Crippen molar-refractivity contribution in [2.24, 2.45) is 5.41 Å². The van der Waals surface area contributed by atoms with E-state index in [2.05, 4.69) is 37.1 Å². The summed E-state index contributed by atoms with van der Waals surface area (Å²) in [5.74, 6) is 0. The molecule has 1 aliphatic heterocycles. The highest BCUT2D eigenvalue weighted by Gasteiger charge is 2.37. The van der Waals surface area contributed by atoms with Crippen LogP contribution in [-0.4, -0.2) is 36.1 Å². The monoisotopic (exact) mass is 263 g/mol. The number of nitrogens with zero attached hydrogens (tertiary/aromatic N) is 2. The maximum atomic E-state index is 9.40. The van der Waals surface area contributed by atoms with Gasteiger partial charge in [-0.3, -0.25) is 5.32 Å². The molecule has 3 nitrogen and oxygen atoms in total. The van der Waals surface area contributed by atoms with Gasteiger partial charge >= 0.3 is 0 Å². The van der Waals surface area contributed by atoms with Crippen LogP contribution in [-0.2, 0) is 0 Å². The third-order valence-corrected chi connectivity index (χ3v) is 5.29. The number of rotatable bonds is 7. The summed E-state index contributed by atoms with van der Waals surface area (Å²) in [6, 6.07) is 3.09. The highest BCUT2D eigenvalue weighted by molar-refractivity contribution is 5.07. The molecular formula is C16H29N3. The van der Waals surface area contributed by atoms with Gasteiger partial charge in [0.2, 0.25) is 0 Å². The van der Waals surface area contributed by atoms with Crippen molar-refractivity contribution in [2.45, 2.75) is 70.9 Å². The van der Waals surface area contributed by atoms with Crippen LogP contribution in [0.4, 0.5) is 0 Å². The van der Waals surface area contributed by atoms with E-state index in [0.29, 0.717) is 11.5 Å². The Morgan fingerprint density at radius 2 is 2.05 bits per heavy atom. The van der Waals surface area contributed by atoms with Crippen molar-refractivity contribution in [3.63, 3.8) is 0 Å². The van der Waals surface area contributed by atoms with Crippen LogP contribution < -0.4 is 5.32 Å². The van der Waals surface area contributed by atoms with Gasteiger partial charge < -0.3 is 4.90 Å². The third-order valence-electron chi connectivity index (χ3n) is 5.29.